The maximum atomic E-state index is 12.1. The van der Waals surface area contributed by atoms with Gasteiger partial charge in [-0.15, -0.1) is 5.10 Å². The Morgan fingerprint density at radius 3 is 2.94 bits per heavy atom. The van der Waals surface area contributed by atoms with Crippen molar-refractivity contribution in [2.24, 2.45) is 12.5 Å². The Kier molecular flexibility index (Phi) is 2.25. The van der Waals surface area contributed by atoms with Gasteiger partial charge in [0.2, 0.25) is 0 Å². The zero-order valence-corrected chi connectivity index (χ0v) is 10.4. The fourth-order valence-electron chi connectivity index (χ4n) is 1.94. The number of thiol groups is 1. The van der Waals surface area contributed by atoms with Gasteiger partial charge < -0.3 is 0 Å². The topological polar surface area (TPSA) is 65.6 Å². The molecule has 1 fully saturated rings. The first kappa shape index (κ1) is 10.8. The van der Waals surface area contributed by atoms with Gasteiger partial charge in [-0.25, -0.2) is 9.36 Å². The first-order valence-electron chi connectivity index (χ1n) is 5.52. The van der Waals surface area contributed by atoms with Crippen LogP contribution in [0.2, 0.25) is 0 Å². The van der Waals surface area contributed by atoms with E-state index in [4.69, 9.17) is 0 Å². The highest BCUT2D eigenvalue weighted by atomic mass is 32.1. The van der Waals surface area contributed by atoms with E-state index in [9.17, 15) is 4.79 Å². The van der Waals surface area contributed by atoms with Crippen molar-refractivity contribution in [3.05, 3.63) is 16.6 Å². The maximum Gasteiger partial charge on any atom is 0.280 e. The van der Waals surface area contributed by atoms with Crippen molar-refractivity contribution < 1.29 is 0 Å². The standard InChI is InChI=1S/C10H13N5OS/c1-14-8-7(4-11-14)9(16)15(13-12-8)5-10(6-17)2-3-10/h4,17H,2-3,5-6H2,1H3. The Balaban J connectivity index is 2.06. The molecule has 1 saturated carbocycles. The van der Waals surface area contributed by atoms with E-state index in [1.165, 1.54) is 4.68 Å². The summed E-state index contributed by atoms with van der Waals surface area (Å²) < 4.78 is 2.99. The third-order valence-electron chi connectivity index (χ3n) is 3.40. The van der Waals surface area contributed by atoms with Crippen LogP contribution in [0.1, 0.15) is 12.8 Å². The fourth-order valence-corrected chi connectivity index (χ4v) is 2.36. The molecule has 1 aliphatic carbocycles. The Morgan fingerprint density at radius 1 is 1.53 bits per heavy atom. The molecule has 0 bridgehead atoms. The van der Waals surface area contributed by atoms with Gasteiger partial charge in [0.05, 0.1) is 12.7 Å². The lowest BCUT2D eigenvalue weighted by Crippen LogP contribution is -2.28. The molecule has 7 heteroatoms. The van der Waals surface area contributed by atoms with Crippen molar-refractivity contribution in [1.29, 1.82) is 0 Å². The van der Waals surface area contributed by atoms with Crippen molar-refractivity contribution >= 4 is 23.7 Å². The summed E-state index contributed by atoms with van der Waals surface area (Å²) in [7, 11) is 1.75. The molecule has 0 radical (unpaired) electrons. The number of aromatic nitrogens is 5. The monoisotopic (exact) mass is 251 g/mol. The van der Waals surface area contributed by atoms with Gasteiger partial charge in [0.1, 0.15) is 5.39 Å². The molecule has 0 N–H and O–H groups in total. The first-order chi connectivity index (χ1) is 8.15. The third kappa shape index (κ3) is 1.65. The van der Waals surface area contributed by atoms with Crippen LogP contribution >= 0.6 is 12.6 Å². The van der Waals surface area contributed by atoms with Crippen LogP contribution in [0.15, 0.2) is 11.0 Å². The quantitative estimate of drug-likeness (QED) is 0.793. The third-order valence-corrected chi connectivity index (χ3v) is 4.07. The van der Waals surface area contributed by atoms with Crippen LogP contribution < -0.4 is 5.56 Å². The SMILES string of the molecule is Cn1ncc2c(=O)n(CC3(CS)CC3)nnc21. The normalized spacial score (nSPS) is 17.5. The summed E-state index contributed by atoms with van der Waals surface area (Å²) in [5, 5.41) is 12.5. The molecule has 0 amide bonds. The highest BCUT2D eigenvalue weighted by Crippen LogP contribution is 2.47. The Labute approximate surface area is 103 Å². The number of hydrogen-bond acceptors (Lipinski definition) is 5. The van der Waals surface area contributed by atoms with E-state index < -0.39 is 0 Å². The molecule has 1 aliphatic rings. The van der Waals surface area contributed by atoms with Gasteiger partial charge >= 0.3 is 0 Å². The van der Waals surface area contributed by atoms with E-state index >= 15 is 0 Å². The van der Waals surface area contributed by atoms with Gasteiger partial charge in [-0.1, -0.05) is 5.21 Å². The second-order valence-corrected chi connectivity index (χ2v) is 5.03. The second kappa shape index (κ2) is 3.56. The van der Waals surface area contributed by atoms with Gasteiger partial charge in [0, 0.05) is 7.05 Å². The molecule has 90 valence electrons. The summed E-state index contributed by atoms with van der Waals surface area (Å²) in [6.07, 6.45) is 3.76. The molecular formula is C10H13N5OS. The van der Waals surface area contributed by atoms with E-state index in [1.807, 2.05) is 0 Å². The molecule has 2 aromatic rings. The summed E-state index contributed by atoms with van der Waals surface area (Å²) in [4.78, 5) is 12.1. The molecule has 0 aliphatic heterocycles. The smallest absolute Gasteiger partial charge is 0.267 e. The predicted molar refractivity (Wildman–Crippen MR) is 66.1 cm³/mol. The van der Waals surface area contributed by atoms with Crippen LogP contribution in [0, 0.1) is 5.41 Å². The lowest BCUT2D eigenvalue weighted by Gasteiger charge is -2.11. The van der Waals surface area contributed by atoms with E-state index in [0.29, 0.717) is 17.6 Å². The molecule has 2 heterocycles. The number of rotatable bonds is 3. The average Bonchev–Trinajstić information content (AvgIpc) is 3.01. The minimum atomic E-state index is -0.115. The van der Waals surface area contributed by atoms with Crippen LogP contribution in [0.3, 0.4) is 0 Å². The van der Waals surface area contributed by atoms with Crippen LogP contribution in [0.25, 0.3) is 11.0 Å². The highest BCUT2D eigenvalue weighted by Gasteiger charge is 2.42. The molecule has 0 spiro atoms. The van der Waals surface area contributed by atoms with Gasteiger partial charge in [-0.2, -0.15) is 17.7 Å². The van der Waals surface area contributed by atoms with Crippen LogP contribution in [-0.4, -0.2) is 30.5 Å². The summed E-state index contributed by atoms with van der Waals surface area (Å²) in [5.74, 6) is 0.784. The molecule has 0 unspecified atom stereocenters. The van der Waals surface area contributed by atoms with E-state index in [1.54, 1.807) is 17.9 Å². The van der Waals surface area contributed by atoms with Crippen molar-refractivity contribution in [1.82, 2.24) is 24.8 Å². The molecule has 17 heavy (non-hydrogen) atoms. The van der Waals surface area contributed by atoms with Gasteiger partial charge in [0.25, 0.3) is 5.56 Å². The zero-order chi connectivity index (χ0) is 12.0. The molecule has 0 saturated heterocycles. The van der Waals surface area contributed by atoms with Gasteiger partial charge in [-0.05, 0) is 24.0 Å². The fraction of sp³-hybridized carbons (Fsp3) is 0.600. The highest BCUT2D eigenvalue weighted by molar-refractivity contribution is 7.80. The molecule has 2 aromatic heterocycles. The number of fused-ring (bicyclic) bond motifs is 1. The summed E-state index contributed by atoms with van der Waals surface area (Å²) >= 11 is 4.33. The van der Waals surface area contributed by atoms with Gasteiger partial charge in [0.15, 0.2) is 5.65 Å². The summed E-state index contributed by atoms with van der Waals surface area (Å²) in [6.45, 7) is 0.604. The average molecular weight is 251 g/mol. The number of nitrogens with zero attached hydrogens (tertiary/aromatic N) is 5. The molecular weight excluding hydrogens is 238 g/mol. The lowest BCUT2D eigenvalue weighted by molar-refractivity contribution is 0.413. The largest absolute Gasteiger partial charge is 0.280 e. The molecule has 0 aromatic carbocycles. The molecule has 3 rings (SSSR count). The first-order valence-corrected chi connectivity index (χ1v) is 6.15. The van der Waals surface area contributed by atoms with Crippen LogP contribution in [0.5, 0.6) is 0 Å². The Hall–Kier alpha value is -1.37. The van der Waals surface area contributed by atoms with Crippen LogP contribution in [0.4, 0.5) is 0 Å². The maximum absolute atomic E-state index is 12.1. The van der Waals surface area contributed by atoms with Crippen LogP contribution in [-0.2, 0) is 13.6 Å². The van der Waals surface area contributed by atoms with E-state index in [2.05, 4.69) is 28.0 Å². The van der Waals surface area contributed by atoms with Crippen molar-refractivity contribution in [2.75, 3.05) is 5.75 Å². The van der Waals surface area contributed by atoms with Crippen molar-refractivity contribution in [3.8, 4) is 0 Å². The minimum Gasteiger partial charge on any atom is -0.267 e. The van der Waals surface area contributed by atoms with Gasteiger partial charge in [-0.3, -0.25) is 4.79 Å². The van der Waals surface area contributed by atoms with E-state index in [0.717, 1.165) is 18.6 Å². The Bertz CT molecular complexity index is 627. The zero-order valence-electron chi connectivity index (χ0n) is 9.50. The summed E-state index contributed by atoms with van der Waals surface area (Å²) in [6, 6.07) is 0. The summed E-state index contributed by atoms with van der Waals surface area (Å²) in [5.41, 5.74) is 0.565. The lowest BCUT2D eigenvalue weighted by atomic mass is 10.1. The Morgan fingerprint density at radius 2 is 2.29 bits per heavy atom. The molecule has 0 atom stereocenters. The predicted octanol–water partition coefficient (Wildman–Crippen LogP) is 0.235. The van der Waals surface area contributed by atoms with E-state index in [-0.39, 0.29) is 11.0 Å². The minimum absolute atomic E-state index is 0.115. The number of hydrogen-bond donors (Lipinski definition) is 1. The van der Waals surface area contributed by atoms with Crippen molar-refractivity contribution in [2.45, 2.75) is 19.4 Å². The second-order valence-electron chi connectivity index (χ2n) is 4.72. The molecule has 6 nitrogen and oxygen atoms in total. The van der Waals surface area contributed by atoms with Crippen molar-refractivity contribution in [3.63, 3.8) is 0 Å². The number of aryl methyl sites for hydroxylation is 1.